The van der Waals surface area contributed by atoms with Gasteiger partial charge in [-0.15, -0.1) is 0 Å². The summed E-state index contributed by atoms with van der Waals surface area (Å²) in [6.07, 6.45) is 0. The van der Waals surface area contributed by atoms with Crippen LogP contribution in [0.25, 0.3) is 11.0 Å². The van der Waals surface area contributed by atoms with E-state index in [1.165, 1.54) is 11.7 Å². The molecule has 2 rings (SSSR count). The lowest BCUT2D eigenvalue weighted by atomic mass is 10.3. The minimum absolute atomic E-state index is 0.669. The number of hydrogen-bond donors (Lipinski definition) is 1. The van der Waals surface area contributed by atoms with Crippen molar-refractivity contribution in [2.24, 2.45) is 0 Å². The SMILES string of the molecule is Nc1cc(Br)c2nsnc2c1Br. The van der Waals surface area contributed by atoms with Gasteiger partial charge in [0.15, 0.2) is 0 Å². The highest BCUT2D eigenvalue weighted by molar-refractivity contribution is 9.11. The van der Waals surface area contributed by atoms with Crippen LogP contribution in [0.1, 0.15) is 0 Å². The molecule has 2 N–H and O–H groups in total. The van der Waals surface area contributed by atoms with Gasteiger partial charge in [0, 0.05) is 10.2 Å². The number of nitrogen functional groups attached to an aromatic ring is 1. The third-order valence-corrected chi connectivity index (χ3v) is 3.42. The zero-order chi connectivity index (χ0) is 8.72. The Morgan fingerprint density at radius 2 is 1.92 bits per heavy atom. The number of benzene rings is 1. The van der Waals surface area contributed by atoms with Crippen molar-refractivity contribution in [3.8, 4) is 0 Å². The van der Waals surface area contributed by atoms with Crippen LogP contribution in [0.15, 0.2) is 15.0 Å². The van der Waals surface area contributed by atoms with Crippen molar-refractivity contribution in [2.75, 3.05) is 5.73 Å². The number of aromatic nitrogens is 2. The maximum Gasteiger partial charge on any atom is 0.122 e. The number of halogens is 2. The van der Waals surface area contributed by atoms with E-state index in [-0.39, 0.29) is 0 Å². The van der Waals surface area contributed by atoms with Crippen molar-refractivity contribution in [3.05, 3.63) is 15.0 Å². The summed E-state index contributed by atoms with van der Waals surface area (Å²) < 4.78 is 9.93. The van der Waals surface area contributed by atoms with Crippen molar-refractivity contribution in [1.29, 1.82) is 0 Å². The lowest BCUT2D eigenvalue weighted by Crippen LogP contribution is -1.87. The Morgan fingerprint density at radius 1 is 1.25 bits per heavy atom. The van der Waals surface area contributed by atoms with Gasteiger partial charge in [-0.1, -0.05) is 0 Å². The molecule has 0 spiro atoms. The van der Waals surface area contributed by atoms with E-state index >= 15 is 0 Å². The standard InChI is InChI=1S/C6H3Br2N3S/c7-2-1-3(9)4(8)6-5(2)10-12-11-6/h1H,9H2. The van der Waals surface area contributed by atoms with E-state index in [4.69, 9.17) is 5.73 Å². The zero-order valence-electron chi connectivity index (χ0n) is 5.71. The van der Waals surface area contributed by atoms with Crippen molar-refractivity contribution in [1.82, 2.24) is 8.75 Å². The van der Waals surface area contributed by atoms with Gasteiger partial charge in [0.1, 0.15) is 11.0 Å². The molecule has 62 valence electrons. The fourth-order valence-electron chi connectivity index (χ4n) is 0.894. The third-order valence-electron chi connectivity index (χ3n) is 1.46. The molecule has 1 aromatic carbocycles. The molecular formula is C6H3Br2N3S. The summed E-state index contributed by atoms with van der Waals surface area (Å²) in [7, 11) is 0. The Hall–Kier alpha value is -0.200. The quantitative estimate of drug-likeness (QED) is 0.761. The molecule has 2 aromatic rings. The Bertz CT molecular complexity index is 440. The average molecular weight is 309 g/mol. The molecule has 0 bridgehead atoms. The van der Waals surface area contributed by atoms with Gasteiger partial charge in [0.05, 0.1) is 16.2 Å². The van der Waals surface area contributed by atoms with Gasteiger partial charge < -0.3 is 5.73 Å². The number of rotatable bonds is 0. The Balaban J connectivity index is 2.97. The highest BCUT2D eigenvalue weighted by Gasteiger charge is 2.09. The molecule has 12 heavy (non-hydrogen) atoms. The largest absolute Gasteiger partial charge is 0.398 e. The molecule has 1 aromatic heterocycles. The summed E-state index contributed by atoms with van der Waals surface area (Å²) in [5, 5.41) is 0. The molecule has 1 heterocycles. The summed E-state index contributed by atoms with van der Waals surface area (Å²) in [5.41, 5.74) is 8.03. The van der Waals surface area contributed by atoms with Crippen molar-refractivity contribution in [3.63, 3.8) is 0 Å². The smallest absolute Gasteiger partial charge is 0.122 e. The highest BCUT2D eigenvalue weighted by Crippen LogP contribution is 2.33. The fraction of sp³-hybridized carbons (Fsp3) is 0. The van der Waals surface area contributed by atoms with Crippen LogP contribution < -0.4 is 5.73 Å². The molecule has 0 radical (unpaired) electrons. The molecule has 0 amide bonds. The van der Waals surface area contributed by atoms with E-state index < -0.39 is 0 Å². The first-order valence-electron chi connectivity index (χ1n) is 3.06. The van der Waals surface area contributed by atoms with Crippen molar-refractivity contribution < 1.29 is 0 Å². The summed E-state index contributed by atoms with van der Waals surface area (Å²) in [4.78, 5) is 0. The van der Waals surface area contributed by atoms with Crippen molar-refractivity contribution in [2.45, 2.75) is 0 Å². The predicted molar refractivity (Wildman–Crippen MR) is 57.2 cm³/mol. The number of fused-ring (bicyclic) bond motifs is 1. The first kappa shape index (κ1) is 8.40. The third kappa shape index (κ3) is 1.14. The number of nitrogens with two attached hydrogens (primary N) is 1. The minimum Gasteiger partial charge on any atom is -0.398 e. The Morgan fingerprint density at radius 3 is 2.67 bits per heavy atom. The number of anilines is 1. The van der Waals surface area contributed by atoms with Crippen LogP contribution in [0.3, 0.4) is 0 Å². The van der Waals surface area contributed by atoms with Crippen LogP contribution >= 0.6 is 43.6 Å². The topological polar surface area (TPSA) is 51.8 Å². The molecule has 3 nitrogen and oxygen atoms in total. The maximum atomic E-state index is 5.71. The van der Waals surface area contributed by atoms with E-state index in [0.29, 0.717) is 5.69 Å². The lowest BCUT2D eigenvalue weighted by molar-refractivity contribution is 1.57. The molecule has 0 saturated carbocycles. The molecule has 0 aliphatic heterocycles. The van der Waals surface area contributed by atoms with E-state index in [1.807, 2.05) is 6.07 Å². The van der Waals surface area contributed by atoms with Crippen LogP contribution in [0.5, 0.6) is 0 Å². The average Bonchev–Trinajstić information content (AvgIpc) is 2.48. The van der Waals surface area contributed by atoms with E-state index in [9.17, 15) is 0 Å². The van der Waals surface area contributed by atoms with Crippen LogP contribution in [0.2, 0.25) is 0 Å². The summed E-state index contributed by atoms with van der Waals surface area (Å²) >= 11 is 7.89. The van der Waals surface area contributed by atoms with Gasteiger partial charge >= 0.3 is 0 Å². The van der Waals surface area contributed by atoms with Crippen LogP contribution in [0.4, 0.5) is 5.69 Å². The molecule has 0 aliphatic rings. The van der Waals surface area contributed by atoms with Crippen LogP contribution in [-0.2, 0) is 0 Å². The lowest BCUT2D eigenvalue weighted by Gasteiger charge is -1.98. The molecule has 0 fully saturated rings. The van der Waals surface area contributed by atoms with Crippen molar-refractivity contribution >= 4 is 60.3 Å². The van der Waals surface area contributed by atoms with Gasteiger partial charge in [0.2, 0.25) is 0 Å². The van der Waals surface area contributed by atoms with E-state index in [1.54, 1.807) is 0 Å². The van der Waals surface area contributed by atoms with Gasteiger partial charge in [-0.2, -0.15) is 8.75 Å². The second-order valence-electron chi connectivity index (χ2n) is 2.22. The van der Waals surface area contributed by atoms with E-state index in [2.05, 4.69) is 40.6 Å². The van der Waals surface area contributed by atoms with E-state index in [0.717, 1.165) is 20.0 Å². The fourth-order valence-corrected chi connectivity index (χ4v) is 2.61. The summed E-state index contributed by atoms with van der Waals surface area (Å²) in [6, 6.07) is 1.81. The highest BCUT2D eigenvalue weighted by atomic mass is 79.9. The molecule has 0 saturated heterocycles. The van der Waals surface area contributed by atoms with Gasteiger partial charge in [-0.05, 0) is 37.9 Å². The van der Waals surface area contributed by atoms with Gasteiger partial charge in [0.25, 0.3) is 0 Å². The number of hydrogen-bond acceptors (Lipinski definition) is 4. The zero-order valence-corrected chi connectivity index (χ0v) is 9.70. The first-order valence-corrected chi connectivity index (χ1v) is 5.37. The molecule has 0 unspecified atom stereocenters. The van der Waals surface area contributed by atoms with Crippen LogP contribution in [-0.4, -0.2) is 8.75 Å². The molecular weight excluding hydrogens is 306 g/mol. The normalized spacial score (nSPS) is 10.8. The second-order valence-corrected chi connectivity index (χ2v) is 4.40. The maximum absolute atomic E-state index is 5.71. The van der Waals surface area contributed by atoms with Gasteiger partial charge in [-0.3, -0.25) is 0 Å². The molecule has 6 heteroatoms. The van der Waals surface area contributed by atoms with Crippen LogP contribution in [0, 0.1) is 0 Å². The predicted octanol–water partition coefficient (Wildman–Crippen LogP) is 2.80. The first-order chi connectivity index (χ1) is 5.70. The monoisotopic (exact) mass is 307 g/mol. The van der Waals surface area contributed by atoms with Gasteiger partial charge in [-0.25, -0.2) is 0 Å². The Labute approximate surface area is 89.5 Å². The Kier molecular flexibility index (Phi) is 2.05. The molecule has 0 aliphatic carbocycles. The summed E-state index contributed by atoms with van der Waals surface area (Å²) in [6.45, 7) is 0. The summed E-state index contributed by atoms with van der Waals surface area (Å²) in [5.74, 6) is 0. The molecule has 0 atom stereocenters. The number of nitrogens with zero attached hydrogens (tertiary/aromatic N) is 2. The minimum atomic E-state index is 0.669. The second kappa shape index (κ2) is 2.93.